The van der Waals surface area contributed by atoms with Crippen LogP contribution in [-0.2, 0) is 4.79 Å². The van der Waals surface area contributed by atoms with E-state index in [1.54, 1.807) is 43.3 Å². The highest BCUT2D eigenvalue weighted by atomic mass is 32.2. The van der Waals surface area contributed by atoms with Gasteiger partial charge in [0.25, 0.3) is 5.56 Å². The lowest BCUT2D eigenvalue weighted by Crippen LogP contribution is -2.33. The number of rotatable bonds is 6. The lowest BCUT2D eigenvalue weighted by molar-refractivity contribution is -0.120. The second-order valence-corrected chi connectivity index (χ2v) is 8.88. The molecule has 1 N–H and O–H groups in total. The number of halogens is 2. The van der Waals surface area contributed by atoms with Crippen molar-refractivity contribution in [2.75, 3.05) is 0 Å². The zero-order chi connectivity index (χ0) is 23.5. The van der Waals surface area contributed by atoms with Crippen molar-refractivity contribution in [3.8, 4) is 5.69 Å². The van der Waals surface area contributed by atoms with Crippen LogP contribution in [0.2, 0.25) is 0 Å². The van der Waals surface area contributed by atoms with Gasteiger partial charge in [-0.2, -0.15) is 0 Å². The van der Waals surface area contributed by atoms with E-state index in [1.165, 1.54) is 41.0 Å². The van der Waals surface area contributed by atoms with Gasteiger partial charge in [-0.1, -0.05) is 36.0 Å². The molecule has 1 aromatic heterocycles. The van der Waals surface area contributed by atoms with Crippen LogP contribution in [0.5, 0.6) is 0 Å². The van der Waals surface area contributed by atoms with E-state index >= 15 is 0 Å². The van der Waals surface area contributed by atoms with Gasteiger partial charge in [-0.15, -0.1) is 0 Å². The van der Waals surface area contributed by atoms with Gasteiger partial charge in [0.2, 0.25) is 5.91 Å². The van der Waals surface area contributed by atoms with Crippen molar-refractivity contribution in [2.45, 2.75) is 30.3 Å². The fraction of sp³-hybridized carbons (Fsp3) is 0.160. The molecule has 0 spiro atoms. The highest BCUT2D eigenvalue weighted by molar-refractivity contribution is 8.00. The summed E-state index contributed by atoms with van der Waals surface area (Å²) in [4.78, 5) is 30.7. The van der Waals surface area contributed by atoms with E-state index < -0.39 is 11.1 Å². The maximum absolute atomic E-state index is 13.5. The van der Waals surface area contributed by atoms with Crippen LogP contribution in [0.15, 0.2) is 82.7 Å². The zero-order valence-corrected chi connectivity index (χ0v) is 18.8. The number of amides is 1. The fourth-order valence-electron chi connectivity index (χ4n) is 3.39. The van der Waals surface area contributed by atoms with Crippen LogP contribution in [0.3, 0.4) is 0 Å². The van der Waals surface area contributed by atoms with Crippen molar-refractivity contribution >= 4 is 28.6 Å². The Hall–Kier alpha value is -3.52. The van der Waals surface area contributed by atoms with Gasteiger partial charge >= 0.3 is 0 Å². The first-order chi connectivity index (χ1) is 15.8. The number of hydrogen-bond donors (Lipinski definition) is 1. The second kappa shape index (κ2) is 9.54. The predicted molar refractivity (Wildman–Crippen MR) is 126 cm³/mol. The van der Waals surface area contributed by atoms with Gasteiger partial charge in [0.05, 0.1) is 27.9 Å². The Balaban J connectivity index is 1.65. The minimum atomic E-state index is -0.590. The molecule has 2 atom stereocenters. The highest BCUT2D eigenvalue weighted by Gasteiger charge is 2.22. The molecule has 0 aliphatic rings. The molecule has 0 radical (unpaired) electrons. The average Bonchev–Trinajstić information content (AvgIpc) is 2.80. The summed E-state index contributed by atoms with van der Waals surface area (Å²) in [6, 6.07) is 18.1. The summed E-state index contributed by atoms with van der Waals surface area (Å²) in [6.07, 6.45) is 0. The van der Waals surface area contributed by atoms with Crippen molar-refractivity contribution in [1.82, 2.24) is 14.9 Å². The number of hydrogen-bond acceptors (Lipinski definition) is 4. The third kappa shape index (κ3) is 4.96. The highest BCUT2D eigenvalue weighted by Crippen LogP contribution is 2.26. The summed E-state index contributed by atoms with van der Waals surface area (Å²) < 4.78 is 28.0. The minimum absolute atomic E-state index is 0.259. The van der Waals surface area contributed by atoms with E-state index in [0.29, 0.717) is 21.7 Å². The average molecular weight is 466 g/mol. The van der Waals surface area contributed by atoms with Crippen molar-refractivity contribution in [1.29, 1.82) is 0 Å². The largest absolute Gasteiger partial charge is 0.349 e. The molecule has 4 aromatic rings. The molecule has 8 heteroatoms. The Morgan fingerprint density at radius 1 is 0.939 bits per heavy atom. The van der Waals surface area contributed by atoms with E-state index in [4.69, 9.17) is 0 Å². The number of benzene rings is 3. The Bertz CT molecular complexity index is 1360. The molecule has 0 saturated carbocycles. The Kier molecular flexibility index (Phi) is 6.55. The van der Waals surface area contributed by atoms with E-state index in [9.17, 15) is 18.4 Å². The molecular formula is C25H21F2N3O2S. The van der Waals surface area contributed by atoms with Gasteiger partial charge in [-0.3, -0.25) is 14.2 Å². The number of carbonyl (C=O) groups excluding carboxylic acids is 1. The number of carbonyl (C=O) groups is 1. The molecule has 1 heterocycles. The summed E-state index contributed by atoms with van der Waals surface area (Å²) in [7, 11) is 0. The molecule has 4 rings (SSSR count). The van der Waals surface area contributed by atoms with Crippen molar-refractivity contribution < 1.29 is 13.6 Å². The number of aromatic nitrogens is 2. The number of nitrogens with zero attached hydrogens (tertiary/aromatic N) is 2. The van der Waals surface area contributed by atoms with Gasteiger partial charge in [0.15, 0.2) is 5.16 Å². The minimum Gasteiger partial charge on any atom is -0.349 e. The third-order valence-corrected chi connectivity index (χ3v) is 6.26. The number of fused-ring (bicyclic) bond motifs is 1. The van der Waals surface area contributed by atoms with Crippen molar-refractivity contribution in [3.05, 3.63) is 100 Å². The first-order valence-corrected chi connectivity index (χ1v) is 11.2. The van der Waals surface area contributed by atoms with Crippen LogP contribution in [-0.4, -0.2) is 20.7 Å². The van der Waals surface area contributed by atoms with Crippen molar-refractivity contribution in [2.24, 2.45) is 0 Å². The normalized spacial score (nSPS) is 13.0. The summed E-state index contributed by atoms with van der Waals surface area (Å²) in [6.45, 7) is 3.53. The van der Waals surface area contributed by atoms with Crippen molar-refractivity contribution in [3.63, 3.8) is 0 Å². The molecule has 5 nitrogen and oxygen atoms in total. The van der Waals surface area contributed by atoms with Crippen LogP contribution < -0.4 is 10.9 Å². The maximum atomic E-state index is 13.5. The number of nitrogens with one attached hydrogen (secondary N) is 1. The SMILES string of the molecule is CC(Sc1nc2ccccc2c(=O)n1-c1ccc(F)cc1)C(=O)NC(C)c1ccc(F)cc1. The van der Waals surface area contributed by atoms with E-state index in [1.807, 2.05) is 6.92 Å². The topological polar surface area (TPSA) is 64.0 Å². The first kappa shape index (κ1) is 22.7. The Labute approximate surface area is 193 Å². The Morgan fingerprint density at radius 2 is 1.55 bits per heavy atom. The molecule has 0 bridgehead atoms. The molecule has 0 fully saturated rings. The molecule has 0 aliphatic carbocycles. The number of thioether (sulfide) groups is 1. The molecule has 1 amide bonds. The monoisotopic (exact) mass is 465 g/mol. The predicted octanol–water partition coefficient (Wildman–Crippen LogP) is 5.02. The van der Waals surface area contributed by atoms with E-state index in [0.717, 1.165) is 17.3 Å². The summed E-state index contributed by atoms with van der Waals surface area (Å²) in [5, 5.41) is 3.06. The van der Waals surface area contributed by atoms with Crippen LogP contribution >= 0.6 is 11.8 Å². The smallest absolute Gasteiger partial charge is 0.266 e. The quantitative estimate of drug-likeness (QED) is 0.321. The molecule has 33 heavy (non-hydrogen) atoms. The lowest BCUT2D eigenvalue weighted by atomic mass is 10.1. The van der Waals surface area contributed by atoms with Gasteiger partial charge in [-0.05, 0) is 67.9 Å². The number of para-hydroxylation sites is 1. The van der Waals surface area contributed by atoms with E-state index in [2.05, 4.69) is 10.3 Å². The lowest BCUT2D eigenvalue weighted by Gasteiger charge is -2.19. The van der Waals surface area contributed by atoms with Crippen LogP contribution in [0.1, 0.15) is 25.5 Å². The fourth-order valence-corrected chi connectivity index (χ4v) is 4.32. The standard InChI is InChI=1S/C25H21F2N3O2S/c1-15(17-7-9-18(26)10-8-17)28-23(31)16(2)33-25-29-22-6-4-3-5-21(22)24(32)30(25)20-13-11-19(27)12-14-20/h3-16H,1-2H3,(H,28,31). The third-order valence-electron chi connectivity index (χ3n) is 5.21. The van der Waals surface area contributed by atoms with Crippen LogP contribution in [0, 0.1) is 11.6 Å². The molecule has 168 valence electrons. The van der Waals surface area contributed by atoms with Crippen LogP contribution in [0.4, 0.5) is 8.78 Å². The first-order valence-electron chi connectivity index (χ1n) is 10.3. The zero-order valence-electron chi connectivity index (χ0n) is 18.0. The van der Waals surface area contributed by atoms with Crippen LogP contribution in [0.25, 0.3) is 16.6 Å². The van der Waals surface area contributed by atoms with Gasteiger partial charge in [-0.25, -0.2) is 13.8 Å². The molecular weight excluding hydrogens is 444 g/mol. The van der Waals surface area contributed by atoms with E-state index in [-0.39, 0.29) is 23.3 Å². The second-order valence-electron chi connectivity index (χ2n) is 7.57. The summed E-state index contributed by atoms with van der Waals surface area (Å²) >= 11 is 1.13. The van der Waals surface area contributed by atoms with Gasteiger partial charge in [0.1, 0.15) is 11.6 Å². The maximum Gasteiger partial charge on any atom is 0.266 e. The Morgan fingerprint density at radius 3 is 2.21 bits per heavy atom. The molecule has 3 aromatic carbocycles. The molecule has 0 aliphatic heterocycles. The molecule has 2 unspecified atom stereocenters. The molecule has 0 saturated heterocycles. The summed E-state index contributed by atoms with van der Waals surface area (Å²) in [5.41, 5.74) is 1.43. The van der Waals surface area contributed by atoms with Gasteiger partial charge < -0.3 is 5.32 Å². The van der Waals surface area contributed by atoms with Gasteiger partial charge in [0, 0.05) is 0 Å². The summed E-state index contributed by atoms with van der Waals surface area (Å²) in [5.74, 6) is -1.02.